The molecule has 0 heterocycles. The lowest BCUT2D eigenvalue weighted by Gasteiger charge is -2.28. The maximum atomic E-state index is 11.2. The van der Waals surface area contributed by atoms with Gasteiger partial charge in [0.15, 0.2) is 0 Å². The summed E-state index contributed by atoms with van der Waals surface area (Å²) in [5, 5.41) is 22.3. The smallest absolute Gasteiger partial charge is 0.339 e. The highest BCUT2D eigenvalue weighted by molar-refractivity contribution is 5.90. The zero-order chi connectivity index (χ0) is 17.0. The van der Waals surface area contributed by atoms with Crippen LogP contribution in [0.1, 0.15) is 68.5 Å². The summed E-state index contributed by atoms with van der Waals surface area (Å²) >= 11 is 0. The Kier molecular flexibility index (Phi) is 5.65. The summed E-state index contributed by atoms with van der Waals surface area (Å²) in [6, 6.07) is 4.69. The quantitative estimate of drug-likeness (QED) is 0.747. The molecule has 5 nitrogen and oxygen atoms in total. The van der Waals surface area contributed by atoms with Crippen LogP contribution in [0, 0.1) is 0 Å². The van der Waals surface area contributed by atoms with Crippen LogP contribution in [0.5, 0.6) is 5.75 Å². The lowest BCUT2D eigenvalue weighted by molar-refractivity contribution is -0.0115. The Hall–Kier alpha value is -1.59. The number of aromatic hydroxyl groups is 1. The van der Waals surface area contributed by atoms with E-state index in [-0.39, 0.29) is 29.1 Å². The maximum absolute atomic E-state index is 11.2. The summed E-state index contributed by atoms with van der Waals surface area (Å²) in [4.78, 5) is 11.2. The van der Waals surface area contributed by atoms with Gasteiger partial charge in [-0.05, 0) is 51.3 Å². The number of benzene rings is 1. The van der Waals surface area contributed by atoms with Gasteiger partial charge in [-0.1, -0.05) is 18.9 Å². The molecule has 1 aliphatic rings. The van der Waals surface area contributed by atoms with Crippen molar-refractivity contribution in [1.82, 2.24) is 5.32 Å². The average molecular weight is 321 g/mol. The van der Waals surface area contributed by atoms with E-state index in [0.29, 0.717) is 6.54 Å². The van der Waals surface area contributed by atoms with Crippen molar-refractivity contribution in [2.45, 2.75) is 64.2 Å². The van der Waals surface area contributed by atoms with E-state index in [9.17, 15) is 15.0 Å². The van der Waals surface area contributed by atoms with Crippen LogP contribution in [0.2, 0.25) is 0 Å². The summed E-state index contributed by atoms with van der Waals surface area (Å²) < 4.78 is 6.23. The largest absolute Gasteiger partial charge is 0.507 e. The highest BCUT2D eigenvalue weighted by Crippen LogP contribution is 2.30. The van der Waals surface area contributed by atoms with Crippen LogP contribution in [-0.4, -0.2) is 34.4 Å². The highest BCUT2D eigenvalue weighted by atomic mass is 16.5. The maximum Gasteiger partial charge on any atom is 0.339 e. The van der Waals surface area contributed by atoms with Crippen LogP contribution in [0.15, 0.2) is 18.2 Å². The normalized spacial score (nSPS) is 17.3. The van der Waals surface area contributed by atoms with Gasteiger partial charge >= 0.3 is 5.97 Å². The standard InChI is InChI=1S/C18H27NO4/c1-18(2,3)19-11-16(23-13-6-4-5-7-13)12-8-9-15(20)14(10-12)17(21)22/h8-10,13,16,19-20H,4-7,11H2,1-3H3,(H,21,22). The molecule has 1 aromatic carbocycles. The molecule has 1 unspecified atom stereocenters. The number of carboxylic acid groups (broad SMARTS) is 1. The number of rotatable bonds is 6. The van der Waals surface area contributed by atoms with Gasteiger partial charge in [-0.3, -0.25) is 0 Å². The van der Waals surface area contributed by atoms with Crippen molar-refractivity contribution in [3.63, 3.8) is 0 Å². The number of hydrogen-bond donors (Lipinski definition) is 3. The number of hydrogen-bond acceptors (Lipinski definition) is 4. The van der Waals surface area contributed by atoms with Crippen LogP contribution in [0.4, 0.5) is 0 Å². The van der Waals surface area contributed by atoms with E-state index in [1.165, 1.54) is 25.0 Å². The fourth-order valence-corrected chi connectivity index (χ4v) is 2.83. The fraction of sp³-hybridized carbons (Fsp3) is 0.611. The molecule has 5 heteroatoms. The third kappa shape index (κ3) is 5.22. The molecule has 1 saturated carbocycles. The van der Waals surface area contributed by atoms with Crippen LogP contribution in [0.3, 0.4) is 0 Å². The van der Waals surface area contributed by atoms with Gasteiger partial charge in [0.1, 0.15) is 11.3 Å². The van der Waals surface area contributed by atoms with Crippen LogP contribution in [-0.2, 0) is 4.74 Å². The SMILES string of the molecule is CC(C)(C)NCC(OC1CCCC1)c1ccc(O)c(C(=O)O)c1. The minimum Gasteiger partial charge on any atom is -0.507 e. The van der Waals surface area contributed by atoms with Crippen LogP contribution >= 0.6 is 0 Å². The minimum atomic E-state index is -1.13. The monoisotopic (exact) mass is 321 g/mol. The Bertz CT molecular complexity index is 544. The minimum absolute atomic E-state index is 0.0518. The summed E-state index contributed by atoms with van der Waals surface area (Å²) in [5.41, 5.74) is 0.645. The van der Waals surface area contributed by atoms with E-state index in [0.717, 1.165) is 18.4 Å². The molecule has 0 saturated heterocycles. The summed E-state index contributed by atoms with van der Waals surface area (Å²) in [5.74, 6) is -1.35. The third-order valence-electron chi connectivity index (χ3n) is 4.10. The second-order valence-corrected chi connectivity index (χ2v) is 7.24. The molecule has 128 valence electrons. The molecule has 1 atom stereocenters. The molecule has 2 rings (SSSR count). The highest BCUT2D eigenvalue weighted by Gasteiger charge is 2.24. The molecule has 23 heavy (non-hydrogen) atoms. The fourth-order valence-electron chi connectivity index (χ4n) is 2.83. The van der Waals surface area contributed by atoms with Crippen molar-refractivity contribution >= 4 is 5.97 Å². The average Bonchev–Trinajstić information content (AvgIpc) is 2.96. The first-order chi connectivity index (χ1) is 10.8. The number of nitrogens with one attached hydrogen (secondary N) is 1. The number of phenols is 1. The van der Waals surface area contributed by atoms with Crippen molar-refractivity contribution in [1.29, 1.82) is 0 Å². The van der Waals surface area contributed by atoms with Crippen LogP contribution < -0.4 is 5.32 Å². The second-order valence-electron chi connectivity index (χ2n) is 7.24. The predicted octanol–water partition coefficient (Wildman–Crippen LogP) is 3.48. The van der Waals surface area contributed by atoms with Crippen molar-refractivity contribution in [3.05, 3.63) is 29.3 Å². The second kappa shape index (κ2) is 7.32. The Balaban J connectivity index is 2.20. The summed E-state index contributed by atoms with van der Waals surface area (Å²) in [7, 11) is 0. The molecule has 0 aliphatic heterocycles. The summed E-state index contributed by atoms with van der Waals surface area (Å²) in [6.45, 7) is 6.85. The number of carbonyl (C=O) groups is 1. The Morgan fingerprint density at radius 2 is 2.00 bits per heavy atom. The lowest BCUT2D eigenvalue weighted by atomic mass is 10.0. The predicted molar refractivity (Wildman–Crippen MR) is 88.9 cm³/mol. The molecule has 0 bridgehead atoms. The molecule has 0 amide bonds. The van der Waals surface area contributed by atoms with Gasteiger partial charge in [0.05, 0.1) is 12.2 Å². The zero-order valence-electron chi connectivity index (χ0n) is 14.1. The number of aromatic carboxylic acids is 1. The molecule has 0 aromatic heterocycles. The van der Waals surface area contributed by atoms with Gasteiger partial charge in [-0.15, -0.1) is 0 Å². The first kappa shape index (κ1) is 17.8. The van der Waals surface area contributed by atoms with E-state index in [2.05, 4.69) is 26.1 Å². The number of ether oxygens (including phenoxy) is 1. The first-order valence-electron chi connectivity index (χ1n) is 8.23. The zero-order valence-corrected chi connectivity index (χ0v) is 14.1. The van der Waals surface area contributed by atoms with Gasteiger partial charge in [0.2, 0.25) is 0 Å². The summed E-state index contributed by atoms with van der Waals surface area (Å²) in [6.07, 6.45) is 4.46. The van der Waals surface area contributed by atoms with Gasteiger partial charge in [0, 0.05) is 12.1 Å². The van der Waals surface area contributed by atoms with E-state index < -0.39 is 5.97 Å². The molecular weight excluding hydrogens is 294 g/mol. The topological polar surface area (TPSA) is 78.8 Å². The molecule has 1 aromatic rings. The van der Waals surface area contributed by atoms with Gasteiger partial charge in [-0.25, -0.2) is 4.79 Å². The van der Waals surface area contributed by atoms with Gasteiger partial charge in [-0.2, -0.15) is 0 Å². The van der Waals surface area contributed by atoms with Crippen molar-refractivity contribution < 1.29 is 19.7 Å². The van der Waals surface area contributed by atoms with Crippen molar-refractivity contribution in [2.75, 3.05) is 6.54 Å². The van der Waals surface area contributed by atoms with Gasteiger partial charge in [0.25, 0.3) is 0 Å². The molecular formula is C18H27NO4. The molecule has 0 spiro atoms. The Morgan fingerprint density at radius 1 is 1.35 bits per heavy atom. The van der Waals surface area contributed by atoms with E-state index in [4.69, 9.17) is 4.74 Å². The molecule has 1 fully saturated rings. The van der Waals surface area contributed by atoms with Crippen LogP contribution in [0.25, 0.3) is 0 Å². The number of carboxylic acids is 1. The van der Waals surface area contributed by atoms with Crippen molar-refractivity contribution in [3.8, 4) is 5.75 Å². The Morgan fingerprint density at radius 3 is 2.57 bits per heavy atom. The van der Waals surface area contributed by atoms with Gasteiger partial charge < -0.3 is 20.3 Å². The molecule has 1 aliphatic carbocycles. The molecule has 3 N–H and O–H groups in total. The van der Waals surface area contributed by atoms with Crippen molar-refractivity contribution in [2.24, 2.45) is 0 Å². The third-order valence-corrected chi connectivity index (χ3v) is 4.10. The van der Waals surface area contributed by atoms with E-state index >= 15 is 0 Å². The van der Waals surface area contributed by atoms with E-state index in [1.54, 1.807) is 6.07 Å². The first-order valence-corrected chi connectivity index (χ1v) is 8.23. The van der Waals surface area contributed by atoms with E-state index in [1.807, 2.05) is 0 Å². The molecule has 0 radical (unpaired) electrons. The Labute approximate surface area is 137 Å². The lowest BCUT2D eigenvalue weighted by Crippen LogP contribution is -2.39.